The molecule has 2 heterocycles. The van der Waals surface area contributed by atoms with Crippen molar-refractivity contribution in [2.24, 2.45) is 5.92 Å². The van der Waals surface area contributed by atoms with Crippen LogP contribution in [0.3, 0.4) is 0 Å². The number of hydrogen-bond donors (Lipinski definition) is 1. The predicted octanol–water partition coefficient (Wildman–Crippen LogP) is 1.83. The monoisotopic (exact) mass is 278 g/mol. The Kier molecular flexibility index (Phi) is 4.81. The van der Waals surface area contributed by atoms with Crippen molar-refractivity contribution in [3.63, 3.8) is 0 Å². The predicted molar refractivity (Wildman–Crippen MR) is 79.9 cm³/mol. The Bertz CT molecular complexity index is 439. The van der Waals surface area contributed by atoms with Crippen LogP contribution in [0.25, 0.3) is 0 Å². The molecule has 1 aliphatic heterocycles. The molecule has 1 N–H and O–H groups in total. The summed E-state index contributed by atoms with van der Waals surface area (Å²) in [6, 6.07) is 0. The maximum absolute atomic E-state index is 12.5. The van der Waals surface area contributed by atoms with E-state index in [0.717, 1.165) is 55.6 Å². The average molecular weight is 278 g/mol. The lowest BCUT2D eigenvalue weighted by atomic mass is 10.1. The van der Waals surface area contributed by atoms with Gasteiger partial charge in [-0.15, -0.1) is 0 Å². The zero-order valence-electron chi connectivity index (χ0n) is 13.1. The normalized spacial score (nSPS) is 16.9. The van der Waals surface area contributed by atoms with Crippen molar-refractivity contribution in [3.05, 3.63) is 17.0 Å². The summed E-state index contributed by atoms with van der Waals surface area (Å²) in [6.45, 7) is 13.0. The highest BCUT2D eigenvalue weighted by atomic mass is 16.2. The zero-order valence-corrected chi connectivity index (χ0v) is 13.1. The second-order valence-corrected chi connectivity index (χ2v) is 6.13. The van der Waals surface area contributed by atoms with Gasteiger partial charge in [-0.25, -0.2) is 0 Å². The van der Waals surface area contributed by atoms with Crippen molar-refractivity contribution in [1.29, 1.82) is 0 Å². The Balaban J connectivity index is 1.89. The Morgan fingerprint density at radius 1 is 1.25 bits per heavy atom. The van der Waals surface area contributed by atoms with Crippen LogP contribution in [0.4, 0.5) is 0 Å². The van der Waals surface area contributed by atoms with Gasteiger partial charge in [-0.1, -0.05) is 13.8 Å². The van der Waals surface area contributed by atoms with Crippen molar-refractivity contribution in [2.75, 3.05) is 32.7 Å². The third-order valence-electron chi connectivity index (χ3n) is 4.02. The van der Waals surface area contributed by atoms with Crippen LogP contribution in [-0.2, 0) is 0 Å². The number of H-pyrrole nitrogens is 1. The van der Waals surface area contributed by atoms with Crippen LogP contribution in [0.2, 0.25) is 0 Å². The molecule has 0 unspecified atom stereocenters. The smallest absolute Gasteiger partial charge is 0.257 e. The first-order valence-electron chi connectivity index (χ1n) is 7.52. The topological polar surface area (TPSA) is 52.2 Å². The van der Waals surface area contributed by atoms with E-state index in [2.05, 4.69) is 28.9 Å². The van der Waals surface area contributed by atoms with E-state index in [9.17, 15) is 4.79 Å². The Labute approximate surface area is 121 Å². The number of nitrogens with one attached hydrogen (secondary N) is 1. The number of aromatic nitrogens is 2. The Morgan fingerprint density at radius 3 is 2.40 bits per heavy atom. The molecule has 0 radical (unpaired) electrons. The van der Waals surface area contributed by atoms with Crippen LogP contribution in [0.15, 0.2) is 0 Å². The molecule has 0 aliphatic carbocycles. The zero-order chi connectivity index (χ0) is 14.7. The number of amides is 1. The van der Waals surface area contributed by atoms with Crippen LogP contribution in [0, 0.1) is 19.8 Å². The molecule has 1 aromatic rings. The molecule has 0 aromatic carbocycles. The highest BCUT2D eigenvalue weighted by Gasteiger charge is 2.25. The summed E-state index contributed by atoms with van der Waals surface area (Å²) in [7, 11) is 0. The van der Waals surface area contributed by atoms with E-state index in [1.807, 2.05) is 18.7 Å². The average Bonchev–Trinajstić information content (AvgIpc) is 2.76. The standard InChI is InChI=1S/C15H26N4O/c1-11(2)5-6-18-7-9-19(10-8-18)15(20)14-12(3)16-17-13(14)4/h11H,5-10H2,1-4H3,(H,16,17). The molecule has 0 saturated carbocycles. The summed E-state index contributed by atoms with van der Waals surface area (Å²) >= 11 is 0. The van der Waals surface area contributed by atoms with E-state index in [-0.39, 0.29) is 5.91 Å². The van der Waals surface area contributed by atoms with Gasteiger partial charge in [0.2, 0.25) is 0 Å². The highest BCUT2D eigenvalue weighted by Crippen LogP contribution is 2.15. The minimum Gasteiger partial charge on any atom is -0.336 e. The summed E-state index contributed by atoms with van der Waals surface area (Å²) in [5.74, 6) is 0.864. The molecule has 1 fully saturated rings. The van der Waals surface area contributed by atoms with Crippen molar-refractivity contribution in [1.82, 2.24) is 20.0 Å². The maximum atomic E-state index is 12.5. The fourth-order valence-electron chi connectivity index (χ4n) is 2.64. The molecule has 112 valence electrons. The Hall–Kier alpha value is -1.36. The number of aryl methyl sites for hydroxylation is 2. The molecule has 1 aliphatic rings. The lowest BCUT2D eigenvalue weighted by Gasteiger charge is -2.35. The number of rotatable bonds is 4. The van der Waals surface area contributed by atoms with Crippen LogP contribution >= 0.6 is 0 Å². The van der Waals surface area contributed by atoms with Crippen molar-refractivity contribution < 1.29 is 4.79 Å². The van der Waals surface area contributed by atoms with Crippen LogP contribution < -0.4 is 0 Å². The van der Waals surface area contributed by atoms with Gasteiger partial charge in [-0.05, 0) is 32.7 Å². The first kappa shape index (κ1) is 15.0. The minimum atomic E-state index is 0.122. The van der Waals surface area contributed by atoms with Gasteiger partial charge in [-0.2, -0.15) is 5.10 Å². The van der Waals surface area contributed by atoms with Gasteiger partial charge in [0.25, 0.3) is 5.91 Å². The molecule has 20 heavy (non-hydrogen) atoms. The summed E-state index contributed by atoms with van der Waals surface area (Å²) in [5, 5.41) is 7.00. The summed E-state index contributed by atoms with van der Waals surface area (Å²) in [6.07, 6.45) is 1.23. The van der Waals surface area contributed by atoms with Crippen LogP contribution in [-0.4, -0.2) is 58.6 Å². The summed E-state index contributed by atoms with van der Waals surface area (Å²) < 4.78 is 0. The second-order valence-electron chi connectivity index (χ2n) is 6.13. The number of piperazine rings is 1. The molecule has 0 bridgehead atoms. The first-order valence-corrected chi connectivity index (χ1v) is 7.52. The van der Waals surface area contributed by atoms with Crippen molar-refractivity contribution >= 4 is 5.91 Å². The molecule has 1 saturated heterocycles. The molecule has 5 nitrogen and oxygen atoms in total. The van der Waals surface area contributed by atoms with Crippen molar-refractivity contribution in [2.45, 2.75) is 34.1 Å². The molecule has 2 rings (SSSR count). The fraction of sp³-hybridized carbons (Fsp3) is 0.733. The van der Waals surface area contributed by atoms with Gasteiger partial charge >= 0.3 is 0 Å². The van der Waals surface area contributed by atoms with E-state index < -0.39 is 0 Å². The lowest BCUT2D eigenvalue weighted by molar-refractivity contribution is 0.0630. The molecule has 0 atom stereocenters. The van der Waals surface area contributed by atoms with E-state index in [1.54, 1.807) is 0 Å². The second kappa shape index (κ2) is 6.39. The number of carbonyl (C=O) groups is 1. The number of hydrogen-bond acceptors (Lipinski definition) is 3. The summed E-state index contributed by atoms with van der Waals surface area (Å²) in [5.41, 5.74) is 2.42. The third kappa shape index (κ3) is 3.39. The number of aromatic amines is 1. The molecule has 1 aromatic heterocycles. The maximum Gasteiger partial charge on any atom is 0.257 e. The van der Waals surface area contributed by atoms with E-state index in [1.165, 1.54) is 6.42 Å². The highest BCUT2D eigenvalue weighted by molar-refractivity contribution is 5.96. The quantitative estimate of drug-likeness (QED) is 0.914. The number of carbonyl (C=O) groups excluding carboxylic acids is 1. The third-order valence-corrected chi connectivity index (χ3v) is 4.02. The Morgan fingerprint density at radius 2 is 1.90 bits per heavy atom. The lowest BCUT2D eigenvalue weighted by Crippen LogP contribution is -2.49. The fourth-order valence-corrected chi connectivity index (χ4v) is 2.64. The molecule has 0 spiro atoms. The molecular weight excluding hydrogens is 252 g/mol. The van der Waals surface area contributed by atoms with Gasteiger partial charge in [0, 0.05) is 31.9 Å². The minimum absolute atomic E-state index is 0.122. The first-order chi connectivity index (χ1) is 9.49. The van der Waals surface area contributed by atoms with Crippen molar-refractivity contribution in [3.8, 4) is 0 Å². The van der Waals surface area contributed by atoms with Crippen LogP contribution in [0.5, 0.6) is 0 Å². The summed E-state index contributed by atoms with van der Waals surface area (Å²) in [4.78, 5) is 16.9. The number of nitrogens with zero attached hydrogens (tertiary/aromatic N) is 3. The van der Waals surface area contributed by atoms with Crippen LogP contribution in [0.1, 0.15) is 42.0 Å². The van der Waals surface area contributed by atoms with E-state index >= 15 is 0 Å². The van der Waals surface area contributed by atoms with E-state index in [0.29, 0.717) is 0 Å². The van der Waals surface area contributed by atoms with Gasteiger partial charge in [-0.3, -0.25) is 14.8 Å². The molecule has 5 heteroatoms. The molecular formula is C15H26N4O. The molecule has 1 amide bonds. The largest absolute Gasteiger partial charge is 0.336 e. The van der Waals surface area contributed by atoms with Gasteiger partial charge in [0.05, 0.1) is 11.3 Å². The van der Waals surface area contributed by atoms with Gasteiger partial charge in [0.1, 0.15) is 0 Å². The van der Waals surface area contributed by atoms with Gasteiger partial charge in [0.15, 0.2) is 0 Å². The SMILES string of the molecule is Cc1n[nH]c(C)c1C(=O)N1CCN(CCC(C)C)CC1. The van der Waals surface area contributed by atoms with Gasteiger partial charge < -0.3 is 4.90 Å². The van der Waals surface area contributed by atoms with E-state index in [4.69, 9.17) is 0 Å².